The summed E-state index contributed by atoms with van der Waals surface area (Å²) in [6.45, 7) is 9.00. The molecule has 2 aromatic rings. The van der Waals surface area contributed by atoms with E-state index in [0.29, 0.717) is 12.5 Å². The Labute approximate surface area is 176 Å². The van der Waals surface area contributed by atoms with E-state index in [1.54, 1.807) is 0 Å². The first kappa shape index (κ1) is 23.3. The topological polar surface area (TPSA) is 21.3 Å². The molecule has 3 heteroatoms. The number of hydrogen-bond donors (Lipinski definition) is 1. The van der Waals surface area contributed by atoms with Gasteiger partial charge >= 0.3 is 0 Å². The molecule has 4 rings (SSSR count). The number of benzene rings is 2. The van der Waals surface area contributed by atoms with Crippen LogP contribution in [0.4, 0.5) is 10.1 Å². The third kappa shape index (κ3) is 6.22. The molecule has 1 N–H and O–H groups in total. The number of nitrogens with one attached hydrogen (secondary N) is 1. The fraction of sp³-hybridized carbons (Fsp3) is 0.538. The van der Waals surface area contributed by atoms with Gasteiger partial charge in [-0.25, -0.2) is 4.39 Å². The zero-order valence-corrected chi connectivity index (χ0v) is 18.7. The van der Waals surface area contributed by atoms with Crippen LogP contribution in [-0.4, -0.2) is 6.54 Å². The molecule has 1 aliphatic heterocycles. The summed E-state index contributed by atoms with van der Waals surface area (Å²) < 4.78 is 19.5. The highest BCUT2D eigenvalue weighted by molar-refractivity contribution is 5.57. The maximum absolute atomic E-state index is 13.6. The van der Waals surface area contributed by atoms with E-state index in [-0.39, 0.29) is 0 Å². The van der Waals surface area contributed by atoms with Gasteiger partial charge in [0.1, 0.15) is 19.0 Å². The summed E-state index contributed by atoms with van der Waals surface area (Å²) >= 11 is 0. The van der Waals surface area contributed by atoms with Crippen LogP contribution in [0.3, 0.4) is 0 Å². The van der Waals surface area contributed by atoms with E-state index in [4.69, 9.17) is 4.74 Å². The molecule has 160 valence electrons. The fourth-order valence-corrected chi connectivity index (χ4v) is 4.13. The molecular formula is C26H38FNO. The third-order valence-corrected chi connectivity index (χ3v) is 5.63. The van der Waals surface area contributed by atoms with Gasteiger partial charge in [-0.15, -0.1) is 0 Å². The van der Waals surface area contributed by atoms with Gasteiger partial charge in [-0.3, -0.25) is 0 Å². The van der Waals surface area contributed by atoms with Gasteiger partial charge in [-0.2, -0.15) is 0 Å². The van der Waals surface area contributed by atoms with Crippen molar-refractivity contribution in [2.24, 2.45) is 0 Å². The van der Waals surface area contributed by atoms with Crippen LogP contribution in [0.25, 0.3) is 0 Å². The maximum Gasteiger partial charge on any atom is 0.120 e. The second-order valence-corrected chi connectivity index (χ2v) is 7.28. The summed E-state index contributed by atoms with van der Waals surface area (Å²) in [7, 11) is 0. The number of rotatable bonds is 5. The van der Waals surface area contributed by atoms with E-state index in [2.05, 4.69) is 35.6 Å². The molecular weight excluding hydrogens is 361 g/mol. The Morgan fingerprint density at radius 1 is 0.931 bits per heavy atom. The number of fused-ring (bicyclic) bond motifs is 1. The normalized spacial score (nSPS) is 15.2. The standard InChI is InChI=1S/C22H26FNO.2C2H6/c23-14-20-12-17(16-4-2-1-3-5-16)6-7-19(20)15-25-21-8-9-22-18(13-21)10-11-24-22;2*1-2/h6-9,12-13,16,24H,1-5,10-11,14-15H2;2*1-2H3. The molecule has 0 unspecified atom stereocenters. The van der Waals surface area contributed by atoms with Crippen molar-refractivity contribution in [2.45, 2.75) is 85.4 Å². The summed E-state index contributed by atoms with van der Waals surface area (Å²) in [5.41, 5.74) is 5.55. The lowest BCUT2D eigenvalue weighted by Crippen LogP contribution is -2.06. The summed E-state index contributed by atoms with van der Waals surface area (Å²) in [5, 5.41) is 3.35. The molecule has 0 aromatic heterocycles. The van der Waals surface area contributed by atoms with Gasteiger partial charge in [0.05, 0.1) is 0 Å². The average molecular weight is 400 g/mol. The van der Waals surface area contributed by atoms with E-state index < -0.39 is 6.67 Å². The van der Waals surface area contributed by atoms with Gasteiger partial charge in [0.2, 0.25) is 0 Å². The molecule has 2 nitrogen and oxygen atoms in total. The largest absolute Gasteiger partial charge is 0.489 e. The van der Waals surface area contributed by atoms with E-state index in [1.165, 1.54) is 48.9 Å². The summed E-state index contributed by atoms with van der Waals surface area (Å²) in [4.78, 5) is 0. The predicted octanol–water partition coefficient (Wildman–Crippen LogP) is 7.80. The Hall–Kier alpha value is -2.03. The van der Waals surface area contributed by atoms with Gasteiger partial charge in [0.15, 0.2) is 0 Å². The Morgan fingerprint density at radius 2 is 1.69 bits per heavy atom. The fourth-order valence-electron chi connectivity index (χ4n) is 4.13. The van der Waals surface area contributed by atoms with Crippen LogP contribution < -0.4 is 10.1 Å². The van der Waals surface area contributed by atoms with Gasteiger partial charge in [-0.1, -0.05) is 65.2 Å². The first-order valence-electron chi connectivity index (χ1n) is 11.5. The van der Waals surface area contributed by atoms with Crippen molar-refractivity contribution in [3.63, 3.8) is 0 Å². The van der Waals surface area contributed by atoms with Crippen LogP contribution in [0.1, 0.15) is 88.0 Å². The molecule has 1 aliphatic carbocycles. The Morgan fingerprint density at radius 3 is 2.41 bits per heavy atom. The minimum atomic E-state index is -0.423. The van der Waals surface area contributed by atoms with Gasteiger partial charge < -0.3 is 10.1 Å². The molecule has 0 amide bonds. The second-order valence-electron chi connectivity index (χ2n) is 7.28. The minimum absolute atomic E-state index is 0.423. The van der Waals surface area contributed by atoms with Crippen LogP contribution in [0, 0.1) is 0 Å². The quantitative estimate of drug-likeness (QED) is 0.553. The summed E-state index contributed by atoms with van der Waals surface area (Å²) in [5.74, 6) is 1.47. The van der Waals surface area contributed by atoms with E-state index in [9.17, 15) is 4.39 Å². The van der Waals surface area contributed by atoms with Crippen molar-refractivity contribution in [2.75, 3.05) is 11.9 Å². The molecule has 1 saturated carbocycles. The van der Waals surface area contributed by atoms with Gasteiger partial charge in [0.25, 0.3) is 0 Å². The molecule has 0 atom stereocenters. The van der Waals surface area contributed by atoms with Crippen LogP contribution in [0.5, 0.6) is 5.75 Å². The molecule has 0 saturated heterocycles. The lowest BCUT2D eigenvalue weighted by atomic mass is 9.83. The maximum atomic E-state index is 13.6. The number of hydrogen-bond acceptors (Lipinski definition) is 2. The third-order valence-electron chi connectivity index (χ3n) is 5.63. The SMILES string of the molecule is CC.CC.FCc1cc(C2CCCCC2)ccc1COc1ccc2c(c1)CCN2. The van der Waals surface area contributed by atoms with Crippen molar-refractivity contribution < 1.29 is 9.13 Å². The molecule has 0 bridgehead atoms. The Bertz CT molecular complexity index is 737. The monoisotopic (exact) mass is 399 g/mol. The number of halogens is 1. The van der Waals surface area contributed by atoms with E-state index >= 15 is 0 Å². The molecule has 2 aliphatic rings. The molecule has 0 radical (unpaired) electrons. The van der Waals surface area contributed by atoms with Crippen molar-refractivity contribution in [1.82, 2.24) is 0 Å². The lowest BCUT2D eigenvalue weighted by Gasteiger charge is -2.23. The molecule has 1 fully saturated rings. The highest BCUT2D eigenvalue weighted by atomic mass is 19.1. The van der Waals surface area contributed by atoms with Crippen LogP contribution >= 0.6 is 0 Å². The lowest BCUT2D eigenvalue weighted by molar-refractivity contribution is 0.302. The zero-order valence-electron chi connectivity index (χ0n) is 18.7. The first-order chi connectivity index (χ1) is 14.3. The molecule has 2 aromatic carbocycles. The Balaban J connectivity index is 0.000000707. The first-order valence-corrected chi connectivity index (χ1v) is 11.5. The minimum Gasteiger partial charge on any atom is -0.489 e. The Kier molecular flexibility index (Phi) is 10.0. The molecule has 1 heterocycles. The number of alkyl halides is 1. The van der Waals surface area contributed by atoms with Crippen molar-refractivity contribution >= 4 is 5.69 Å². The van der Waals surface area contributed by atoms with E-state index in [0.717, 1.165) is 29.8 Å². The summed E-state index contributed by atoms with van der Waals surface area (Å²) in [6, 6.07) is 12.5. The zero-order chi connectivity index (χ0) is 21.1. The predicted molar refractivity (Wildman–Crippen MR) is 123 cm³/mol. The molecule has 0 spiro atoms. The highest BCUT2D eigenvalue weighted by Gasteiger charge is 2.17. The summed E-state index contributed by atoms with van der Waals surface area (Å²) in [6.07, 6.45) is 7.46. The highest BCUT2D eigenvalue weighted by Crippen LogP contribution is 2.34. The van der Waals surface area contributed by atoms with E-state index in [1.807, 2.05) is 33.8 Å². The van der Waals surface area contributed by atoms with Crippen LogP contribution in [0.15, 0.2) is 36.4 Å². The van der Waals surface area contributed by atoms with Crippen LogP contribution in [0.2, 0.25) is 0 Å². The van der Waals surface area contributed by atoms with Gasteiger partial charge in [0, 0.05) is 12.2 Å². The van der Waals surface area contributed by atoms with Crippen molar-refractivity contribution in [3.8, 4) is 5.75 Å². The molecule has 29 heavy (non-hydrogen) atoms. The van der Waals surface area contributed by atoms with Crippen LogP contribution in [-0.2, 0) is 19.7 Å². The second kappa shape index (κ2) is 12.5. The van der Waals surface area contributed by atoms with Crippen molar-refractivity contribution in [1.29, 1.82) is 0 Å². The smallest absolute Gasteiger partial charge is 0.120 e. The number of ether oxygens (including phenoxy) is 1. The van der Waals surface area contributed by atoms with Gasteiger partial charge in [-0.05, 0) is 65.6 Å². The van der Waals surface area contributed by atoms with Crippen molar-refractivity contribution in [3.05, 3.63) is 58.7 Å². The number of anilines is 1. The average Bonchev–Trinajstić information content (AvgIpc) is 3.29.